The van der Waals surface area contributed by atoms with Crippen LogP contribution in [0.5, 0.6) is 0 Å². The SMILES string of the molecule is Fc1ccc(C(c2ccccc2)c2ncnc3nccnc23)cc1.O=C(O)C(F)(F)F. The van der Waals surface area contributed by atoms with Crippen LogP contribution in [0.2, 0.25) is 0 Å². The van der Waals surface area contributed by atoms with Crippen molar-refractivity contribution in [2.24, 2.45) is 0 Å². The third kappa shape index (κ3) is 5.35. The van der Waals surface area contributed by atoms with E-state index >= 15 is 0 Å². The smallest absolute Gasteiger partial charge is 0.475 e. The molecule has 1 N–H and O–H groups in total. The normalized spacial score (nSPS) is 12.0. The highest BCUT2D eigenvalue weighted by atomic mass is 19.4. The summed E-state index contributed by atoms with van der Waals surface area (Å²) < 4.78 is 45.1. The number of hydrogen-bond donors (Lipinski definition) is 1. The Morgan fingerprint density at radius 1 is 0.839 bits per heavy atom. The van der Waals surface area contributed by atoms with Gasteiger partial charge in [-0.05, 0) is 23.3 Å². The fourth-order valence-electron chi connectivity index (χ4n) is 2.83. The van der Waals surface area contributed by atoms with Crippen LogP contribution < -0.4 is 0 Å². The molecule has 0 fully saturated rings. The van der Waals surface area contributed by atoms with Gasteiger partial charge in [0.2, 0.25) is 0 Å². The average Bonchev–Trinajstić information content (AvgIpc) is 2.76. The highest BCUT2D eigenvalue weighted by Gasteiger charge is 2.38. The Balaban J connectivity index is 0.000000339. The van der Waals surface area contributed by atoms with Gasteiger partial charge in [0.15, 0.2) is 5.65 Å². The lowest BCUT2D eigenvalue weighted by Crippen LogP contribution is -2.21. The Hall–Kier alpha value is -3.95. The number of carbonyl (C=O) groups is 1. The first-order valence-electron chi connectivity index (χ1n) is 8.79. The molecule has 0 spiro atoms. The lowest BCUT2D eigenvalue weighted by Gasteiger charge is -2.18. The highest BCUT2D eigenvalue weighted by Crippen LogP contribution is 2.33. The van der Waals surface area contributed by atoms with Crippen molar-refractivity contribution in [3.05, 3.63) is 96.0 Å². The maximum absolute atomic E-state index is 13.4. The molecular weight excluding hydrogens is 416 g/mol. The molecule has 10 heteroatoms. The van der Waals surface area contributed by atoms with Gasteiger partial charge in [0.05, 0.1) is 11.6 Å². The minimum atomic E-state index is -5.08. The fourth-order valence-corrected chi connectivity index (χ4v) is 2.83. The van der Waals surface area contributed by atoms with Crippen LogP contribution in [0.25, 0.3) is 11.2 Å². The molecule has 0 aliphatic rings. The number of aliphatic carboxylic acids is 1. The largest absolute Gasteiger partial charge is 0.490 e. The van der Waals surface area contributed by atoms with Gasteiger partial charge in [-0.25, -0.2) is 29.1 Å². The molecule has 0 aliphatic carbocycles. The second-order valence-corrected chi connectivity index (χ2v) is 6.19. The van der Waals surface area contributed by atoms with Gasteiger partial charge in [-0.1, -0.05) is 42.5 Å². The van der Waals surface area contributed by atoms with E-state index in [9.17, 15) is 17.6 Å². The first-order valence-corrected chi connectivity index (χ1v) is 8.79. The number of aromatic nitrogens is 4. The fraction of sp³-hybridized carbons (Fsp3) is 0.0952. The Labute approximate surface area is 173 Å². The lowest BCUT2D eigenvalue weighted by molar-refractivity contribution is -0.192. The predicted octanol–water partition coefficient (Wildman–Crippen LogP) is 4.37. The summed E-state index contributed by atoms with van der Waals surface area (Å²) in [6.45, 7) is 0. The molecular formula is C21H14F4N4O2. The second-order valence-electron chi connectivity index (χ2n) is 6.19. The summed E-state index contributed by atoms with van der Waals surface area (Å²) in [6, 6.07) is 16.4. The molecule has 4 aromatic rings. The summed E-state index contributed by atoms with van der Waals surface area (Å²) in [6.07, 6.45) is -0.359. The zero-order chi connectivity index (χ0) is 22.4. The number of fused-ring (bicyclic) bond motifs is 1. The van der Waals surface area contributed by atoms with E-state index in [-0.39, 0.29) is 11.7 Å². The summed E-state index contributed by atoms with van der Waals surface area (Å²) in [5, 5.41) is 7.12. The number of halogens is 4. The van der Waals surface area contributed by atoms with E-state index in [0.29, 0.717) is 11.2 Å². The molecule has 0 aliphatic heterocycles. The van der Waals surface area contributed by atoms with E-state index in [1.54, 1.807) is 24.5 Å². The van der Waals surface area contributed by atoms with Gasteiger partial charge < -0.3 is 5.11 Å². The van der Waals surface area contributed by atoms with Crippen LogP contribution in [0.1, 0.15) is 22.7 Å². The summed E-state index contributed by atoms with van der Waals surface area (Å²) in [7, 11) is 0. The van der Waals surface area contributed by atoms with Crippen LogP contribution in [0, 0.1) is 5.82 Å². The minimum Gasteiger partial charge on any atom is -0.475 e. The molecule has 158 valence electrons. The Morgan fingerprint density at radius 3 is 2.03 bits per heavy atom. The van der Waals surface area contributed by atoms with Crippen molar-refractivity contribution in [2.45, 2.75) is 12.1 Å². The number of carboxylic acid groups (broad SMARTS) is 1. The zero-order valence-electron chi connectivity index (χ0n) is 15.7. The van der Waals surface area contributed by atoms with Gasteiger partial charge in [0.1, 0.15) is 17.7 Å². The molecule has 0 radical (unpaired) electrons. The minimum absolute atomic E-state index is 0.172. The molecule has 0 saturated carbocycles. The van der Waals surface area contributed by atoms with Crippen molar-refractivity contribution in [3.63, 3.8) is 0 Å². The van der Waals surface area contributed by atoms with Crippen LogP contribution >= 0.6 is 0 Å². The number of carboxylic acids is 1. The number of hydrogen-bond acceptors (Lipinski definition) is 5. The number of rotatable bonds is 3. The van der Waals surface area contributed by atoms with Crippen molar-refractivity contribution in [1.82, 2.24) is 19.9 Å². The van der Waals surface area contributed by atoms with E-state index in [1.165, 1.54) is 18.5 Å². The van der Waals surface area contributed by atoms with Crippen molar-refractivity contribution in [1.29, 1.82) is 0 Å². The molecule has 2 aromatic carbocycles. The van der Waals surface area contributed by atoms with Crippen molar-refractivity contribution in [3.8, 4) is 0 Å². The van der Waals surface area contributed by atoms with E-state index in [2.05, 4.69) is 19.9 Å². The van der Waals surface area contributed by atoms with E-state index in [1.807, 2.05) is 30.3 Å². The lowest BCUT2D eigenvalue weighted by atomic mass is 9.88. The van der Waals surface area contributed by atoms with Gasteiger partial charge >= 0.3 is 12.1 Å². The zero-order valence-corrected chi connectivity index (χ0v) is 15.7. The quantitative estimate of drug-likeness (QED) is 0.486. The van der Waals surface area contributed by atoms with Crippen molar-refractivity contribution < 1.29 is 27.5 Å². The Morgan fingerprint density at radius 2 is 1.42 bits per heavy atom. The van der Waals surface area contributed by atoms with Crippen molar-refractivity contribution in [2.75, 3.05) is 0 Å². The van der Waals surface area contributed by atoms with E-state index < -0.39 is 12.1 Å². The third-order valence-corrected chi connectivity index (χ3v) is 4.15. The van der Waals surface area contributed by atoms with Gasteiger partial charge in [0.25, 0.3) is 0 Å². The Bertz CT molecular complexity index is 1160. The van der Waals surface area contributed by atoms with Crippen molar-refractivity contribution >= 4 is 17.1 Å². The topological polar surface area (TPSA) is 88.9 Å². The Kier molecular flexibility index (Phi) is 6.49. The third-order valence-electron chi connectivity index (χ3n) is 4.15. The van der Waals surface area contributed by atoms with E-state index in [4.69, 9.17) is 9.90 Å². The maximum atomic E-state index is 13.4. The summed E-state index contributed by atoms with van der Waals surface area (Å²) >= 11 is 0. The summed E-state index contributed by atoms with van der Waals surface area (Å²) in [5.41, 5.74) is 3.94. The predicted molar refractivity (Wildman–Crippen MR) is 103 cm³/mol. The number of benzene rings is 2. The van der Waals surface area contributed by atoms with E-state index in [0.717, 1.165) is 16.8 Å². The molecule has 2 aromatic heterocycles. The molecule has 4 rings (SSSR count). The van der Waals surface area contributed by atoms with Gasteiger partial charge in [-0.3, -0.25) is 0 Å². The molecule has 0 amide bonds. The molecule has 1 atom stereocenters. The van der Waals surface area contributed by atoms with Gasteiger partial charge in [0, 0.05) is 12.4 Å². The summed E-state index contributed by atoms with van der Waals surface area (Å²) in [4.78, 5) is 26.2. The van der Waals surface area contributed by atoms with Gasteiger partial charge in [-0.2, -0.15) is 13.2 Å². The monoisotopic (exact) mass is 430 g/mol. The first kappa shape index (κ1) is 21.8. The average molecular weight is 430 g/mol. The van der Waals surface area contributed by atoms with Crippen LogP contribution in [-0.2, 0) is 4.79 Å². The highest BCUT2D eigenvalue weighted by molar-refractivity contribution is 5.74. The molecule has 1 unspecified atom stereocenters. The molecule has 0 saturated heterocycles. The molecule has 2 heterocycles. The standard InChI is InChI=1S/C19H13FN4.C2HF3O2/c20-15-8-6-14(7-9-15)16(13-4-2-1-3-5-13)17-18-19(24-12-23-17)22-11-10-21-18;3-2(4,5)1(6)7/h1-12,16H;(H,6,7). The number of nitrogens with zero attached hydrogens (tertiary/aromatic N) is 4. The van der Waals surface area contributed by atoms with Crippen LogP contribution in [-0.4, -0.2) is 37.2 Å². The van der Waals surface area contributed by atoms with Crippen LogP contribution in [0.15, 0.2) is 73.3 Å². The molecule has 6 nitrogen and oxygen atoms in total. The van der Waals surface area contributed by atoms with Gasteiger partial charge in [-0.15, -0.1) is 0 Å². The van der Waals surface area contributed by atoms with Crippen LogP contribution in [0.3, 0.4) is 0 Å². The number of alkyl halides is 3. The maximum Gasteiger partial charge on any atom is 0.490 e. The summed E-state index contributed by atoms with van der Waals surface area (Å²) in [5.74, 6) is -3.20. The molecule has 0 bridgehead atoms. The molecule has 31 heavy (non-hydrogen) atoms. The first-order chi connectivity index (χ1) is 14.8. The van der Waals surface area contributed by atoms with Crippen LogP contribution in [0.4, 0.5) is 17.6 Å². The second kappa shape index (κ2) is 9.24.